The van der Waals surface area contributed by atoms with Gasteiger partial charge in [-0.3, -0.25) is 4.52 Å². The van der Waals surface area contributed by atoms with Gasteiger partial charge in [-0.05, 0) is 85.0 Å². The molecule has 2 heterocycles. The van der Waals surface area contributed by atoms with Crippen molar-refractivity contribution < 1.29 is 35.6 Å². The second-order valence-electron chi connectivity index (χ2n) is 13.2. The molecule has 0 bridgehead atoms. The van der Waals surface area contributed by atoms with Crippen molar-refractivity contribution in [2.24, 2.45) is 0 Å². The van der Waals surface area contributed by atoms with Gasteiger partial charge < -0.3 is 17.9 Å². The molecule has 0 spiro atoms. The first-order chi connectivity index (χ1) is 24.7. The Labute approximate surface area is 300 Å². The van der Waals surface area contributed by atoms with Gasteiger partial charge in [0.25, 0.3) is 0 Å². The minimum Gasteiger partial charge on any atom is -0.497 e. The average Bonchev–Trinajstić information content (AvgIpc) is 3.49. The van der Waals surface area contributed by atoms with Gasteiger partial charge in [0.15, 0.2) is 6.10 Å². The van der Waals surface area contributed by atoms with Crippen LogP contribution >= 0.6 is 16.2 Å². The lowest BCUT2D eigenvalue weighted by Crippen LogP contribution is -2.36. The maximum atomic E-state index is 15.3. The van der Waals surface area contributed by atoms with Crippen LogP contribution in [-0.2, 0) is 12.8 Å². The van der Waals surface area contributed by atoms with Crippen LogP contribution in [0, 0.1) is 0 Å². The Morgan fingerprint density at radius 3 is 1.55 bits per heavy atom. The first-order valence-corrected chi connectivity index (χ1v) is 20.7. The number of aryl methyl sites for hydroxylation is 2. The number of hydrogen-bond acceptors (Lipinski definition) is 5. The molecule has 0 amide bonds. The molecular weight excluding hydrogens is 691 g/mol. The molecular formula is C41H47F3O5P2. The van der Waals surface area contributed by atoms with Crippen LogP contribution in [0.3, 0.4) is 0 Å². The van der Waals surface area contributed by atoms with Crippen LogP contribution in [0.25, 0.3) is 21.9 Å². The van der Waals surface area contributed by atoms with Crippen molar-refractivity contribution >= 4 is 38.1 Å². The Morgan fingerprint density at radius 2 is 1.16 bits per heavy atom. The maximum Gasteiger partial charge on any atom is 0.416 e. The summed E-state index contributed by atoms with van der Waals surface area (Å²) in [6.07, 6.45) is -0.297. The monoisotopic (exact) mass is 738 g/mol. The zero-order chi connectivity index (χ0) is 36.0. The average molecular weight is 739 g/mol. The lowest BCUT2D eigenvalue weighted by atomic mass is 10.00. The summed E-state index contributed by atoms with van der Waals surface area (Å²) in [6, 6.07) is 27.5. The third kappa shape index (κ3) is 8.62. The molecule has 10 heteroatoms. The summed E-state index contributed by atoms with van der Waals surface area (Å²) in [5.74, 6) is 1.27. The number of unbranched alkanes of at least 4 members (excludes halogenated alkanes) is 2. The molecule has 3 atom stereocenters. The number of alkyl halides is 3. The van der Waals surface area contributed by atoms with Crippen molar-refractivity contribution in [3.05, 3.63) is 107 Å². The Morgan fingerprint density at radius 1 is 0.706 bits per heavy atom. The number of hydrogen-bond donors (Lipinski definition) is 0. The highest BCUT2D eigenvalue weighted by Gasteiger charge is 2.48. The SMILES string of the molecule is CCCCc1cc(OC)cc2c1op(O[C@H](CP1[C@@H](c3ccccc3)CC[C@@H]1c1ccccc1)C(F)(F)F)oc1c(CCCC)cc(OC)cc12. The van der Waals surface area contributed by atoms with Crippen molar-refractivity contribution in [1.29, 1.82) is 0 Å². The maximum absolute atomic E-state index is 15.3. The molecule has 0 saturated carbocycles. The molecule has 6 rings (SSSR count). The third-order valence-corrected chi connectivity index (χ3v) is 14.4. The van der Waals surface area contributed by atoms with Crippen molar-refractivity contribution in [2.45, 2.75) is 88.8 Å². The molecule has 4 aromatic carbocycles. The molecule has 5 nitrogen and oxygen atoms in total. The summed E-state index contributed by atoms with van der Waals surface area (Å²) in [5.41, 5.74) is 4.84. The molecule has 1 aliphatic rings. The molecule has 1 saturated heterocycles. The summed E-state index contributed by atoms with van der Waals surface area (Å²) in [7, 11) is -0.482. The first-order valence-electron chi connectivity index (χ1n) is 17.9. The Hall–Kier alpha value is -3.44. The van der Waals surface area contributed by atoms with Crippen LogP contribution in [0.1, 0.15) is 85.9 Å². The highest BCUT2D eigenvalue weighted by molar-refractivity contribution is 7.58. The van der Waals surface area contributed by atoms with E-state index in [4.69, 9.17) is 22.4 Å². The Balaban J connectivity index is 1.52. The smallest absolute Gasteiger partial charge is 0.416 e. The van der Waals surface area contributed by atoms with Crippen LogP contribution in [0.2, 0.25) is 0 Å². The van der Waals surface area contributed by atoms with E-state index < -0.39 is 28.4 Å². The van der Waals surface area contributed by atoms with Gasteiger partial charge in [0, 0.05) is 28.3 Å². The standard InChI is InChI=1S/C41H47F3O5P2/c1-5-7-15-30-23-32(45-3)25-34-35-26-33(46-4)24-31(16-8-6-2)40(35)49-51(48-39(30)34)47-38(41(42,43)44)27-50-36(28-17-11-9-12-18-28)21-22-37(50)29-19-13-10-14-20-29/h9-14,17-20,23-26,36-38H,5-8,15-16,21-22,27H2,1-4H3/t36-,37-,38-/m1/s1. The Bertz CT molecular complexity index is 1810. The number of methoxy groups -OCH3 is 2. The second kappa shape index (κ2) is 16.9. The molecule has 0 N–H and O–H groups in total. The van der Waals surface area contributed by atoms with Gasteiger partial charge in [0.1, 0.15) is 22.7 Å². The van der Waals surface area contributed by atoms with Gasteiger partial charge in [-0.2, -0.15) is 13.2 Å². The largest absolute Gasteiger partial charge is 0.497 e. The number of rotatable bonds is 14. The fourth-order valence-corrected chi connectivity index (χ4v) is 12.2. The van der Waals surface area contributed by atoms with E-state index >= 15 is 13.2 Å². The number of halogens is 3. The summed E-state index contributed by atoms with van der Waals surface area (Å²) in [5, 5.41) is 1.38. The minimum atomic E-state index is -4.64. The van der Waals surface area contributed by atoms with E-state index in [9.17, 15) is 0 Å². The second-order valence-corrected chi connectivity index (χ2v) is 16.9. The fourth-order valence-electron chi connectivity index (χ4n) is 7.17. The molecule has 1 aliphatic heterocycles. The Kier molecular flexibility index (Phi) is 12.4. The van der Waals surface area contributed by atoms with Crippen LogP contribution in [-0.4, -0.2) is 32.7 Å². The summed E-state index contributed by atoms with van der Waals surface area (Å²) in [6.45, 7) is 4.20. The van der Waals surface area contributed by atoms with Gasteiger partial charge >= 0.3 is 14.4 Å². The summed E-state index contributed by atoms with van der Waals surface area (Å²) >= 11 is 0. The first kappa shape index (κ1) is 37.3. The van der Waals surface area contributed by atoms with E-state index in [1.807, 2.05) is 84.9 Å². The van der Waals surface area contributed by atoms with E-state index in [0.717, 1.165) is 60.8 Å². The van der Waals surface area contributed by atoms with Gasteiger partial charge in [-0.15, -0.1) is 0 Å². The van der Waals surface area contributed by atoms with Crippen LogP contribution < -0.4 is 14.0 Å². The molecule has 0 unspecified atom stereocenters. The zero-order valence-corrected chi connectivity index (χ0v) is 31.5. The molecule has 1 aromatic heterocycles. The molecule has 51 heavy (non-hydrogen) atoms. The van der Waals surface area contributed by atoms with E-state index in [0.29, 0.717) is 46.3 Å². The summed E-state index contributed by atoms with van der Waals surface area (Å²) < 4.78 is 76.6. The highest BCUT2D eigenvalue weighted by atomic mass is 31.1. The van der Waals surface area contributed by atoms with Gasteiger partial charge in [-0.1, -0.05) is 95.3 Å². The predicted molar refractivity (Wildman–Crippen MR) is 202 cm³/mol. The normalized spacial score (nSPS) is 17.2. The van der Waals surface area contributed by atoms with Crippen molar-refractivity contribution in [1.82, 2.24) is 0 Å². The molecule has 5 aromatic rings. The van der Waals surface area contributed by atoms with Gasteiger partial charge in [-0.25, -0.2) is 0 Å². The molecule has 0 radical (unpaired) electrons. The lowest BCUT2D eigenvalue weighted by molar-refractivity contribution is -0.179. The van der Waals surface area contributed by atoms with E-state index in [1.54, 1.807) is 14.2 Å². The molecule has 272 valence electrons. The van der Waals surface area contributed by atoms with E-state index in [1.165, 1.54) is 0 Å². The van der Waals surface area contributed by atoms with Crippen LogP contribution in [0.15, 0.2) is 93.3 Å². The van der Waals surface area contributed by atoms with Crippen molar-refractivity contribution in [3.8, 4) is 11.5 Å². The topological polar surface area (TPSA) is 54.0 Å². The highest BCUT2D eigenvalue weighted by Crippen LogP contribution is 2.71. The third-order valence-electron chi connectivity index (χ3n) is 9.81. The quantitative estimate of drug-likeness (QED) is 0.106. The number of benzene rings is 4. The van der Waals surface area contributed by atoms with Crippen molar-refractivity contribution in [2.75, 3.05) is 20.4 Å². The minimum absolute atomic E-state index is 0.0197. The van der Waals surface area contributed by atoms with Gasteiger partial charge in [0.05, 0.1) is 14.2 Å². The lowest BCUT2D eigenvalue weighted by Gasteiger charge is -2.30. The van der Waals surface area contributed by atoms with Gasteiger partial charge in [0.2, 0.25) is 0 Å². The van der Waals surface area contributed by atoms with Crippen LogP contribution in [0.4, 0.5) is 13.2 Å². The number of fused-ring (bicyclic) bond motifs is 3. The number of ether oxygens (including phenoxy) is 2. The van der Waals surface area contributed by atoms with Crippen molar-refractivity contribution in [3.63, 3.8) is 0 Å². The fraction of sp³-hybridized carbons (Fsp3) is 0.415. The van der Waals surface area contributed by atoms with Crippen LogP contribution in [0.5, 0.6) is 11.5 Å². The van der Waals surface area contributed by atoms with E-state index in [-0.39, 0.29) is 17.5 Å². The molecule has 1 fully saturated rings. The summed E-state index contributed by atoms with van der Waals surface area (Å²) in [4.78, 5) is 0. The predicted octanol–water partition coefficient (Wildman–Crippen LogP) is 13.1. The zero-order valence-electron chi connectivity index (χ0n) is 29.7. The van der Waals surface area contributed by atoms with E-state index in [2.05, 4.69) is 13.8 Å². The molecule has 0 aliphatic carbocycles.